The Labute approximate surface area is 157 Å². The lowest BCUT2D eigenvalue weighted by Crippen LogP contribution is -2.31. The predicted octanol–water partition coefficient (Wildman–Crippen LogP) is 4.72. The highest BCUT2D eigenvalue weighted by molar-refractivity contribution is 5.80. The molecule has 0 fully saturated rings. The van der Waals surface area contributed by atoms with Crippen molar-refractivity contribution >= 4 is 11.6 Å². The van der Waals surface area contributed by atoms with E-state index >= 15 is 0 Å². The molecule has 0 aliphatic carbocycles. The van der Waals surface area contributed by atoms with Gasteiger partial charge in [-0.2, -0.15) is 0 Å². The number of likely N-dealkylation sites (N-methyl/N-ethyl adjacent to an activating group) is 1. The third-order valence-corrected chi connectivity index (χ3v) is 4.25. The molecule has 0 aliphatic rings. The average Bonchev–Trinajstić information content (AvgIpc) is 2.67. The molecular weight excluding hydrogens is 324 g/mol. The number of unbranched alkanes of at least 4 members (excludes halogenated alkanes) is 3. The number of hydrogen-bond acceptors (Lipinski definition) is 3. The second-order valence-corrected chi connectivity index (χ2v) is 6.52. The number of nitrogens with zero attached hydrogens (tertiary/aromatic N) is 1. The number of nitrogens with one attached hydrogen (secondary N) is 1. The standard InChI is InChI=1S/C22H30N2O2/c1-3-4-5-9-16-26-21-14-12-20(13-15-21)23-17-22(25)24(2)18-19-10-7-6-8-11-19/h6-8,10-15,23H,3-5,9,16-18H2,1-2H3. The van der Waals surface area contributed by atoms with Gasteiger partial charge in [-0.3, -0.25) is 4.79 Å². The molecule has 140 valence electrons. The van der Waals surface area contributed by atoms with Gasteiger partial charge in [0.15, 0.2) is 0 Å². The number of amides is 1. The third-order valence-electron chi connectivity index (χ3n) is 4.25. The molecule has 26 heavy (non-hydrogen) atoms. The molecule has 0 radical (unpaired) electrons. The van der Waals surface area contributed by atoms with Gasteiger partial charge in [-0.05, 0) is 36.2 Å². The molecule has 0 saturated heterocycles. The fourth-order valence-electron chi connectivity index (χ4n) is 2.65. The van der Waals surface area contributed by atoms with Crippen LogP contribution in [0.4, 0.5) is 5.69 Å². The molecule has 1 N–H and O–H groups in total. The van der Waals surface area contributed by atoms with Crippen LogP contribution in [0, 0.1) is 0 Å². The van der Waals surface area contributed by atoms with Crippen molar-refractivity contribution in [3.05, 3.63) is 60.2 Å². The molecule has 0 aliphatic heterocycles. The van der Waals surface area contributed by atoms with Crippen molar-refractivity contribution in [2.75, 3.05) is 25.5 Å². The maximum Gasteiger partial charge on any atom is 0.241 e. The first kappa shape index (κ1) is 19.8. The van der Waals surface area contributed by atoms with Crippen molar-refractivity contribution in [1.29, 1.82) is 0 Å². The van der Waals surface area contributed by atoms with Crippen molar-refractivity contribution in [3.63, 3.8) is 0 Å². The minimum atomic E-state index is 0.0603. The highest BCUT2D eigenvalue weighted by Crippen LogP contribution is 2.16. The summed E-state index contributed by atoms with van der Waals surface area (Å²) in [7, 11) is 1.83. The van der Waals surface area contributed by atoms with Crippen LogP contribution in [0.1, 0.15) is 38.2 Å². The lowest BCUT2D eigenvalue weighted by molar-refractivity contribution is -0.128. The average molecular weight is 354 g/mol. The van der Waals surface area contributed by atoms with Crippen molar-refractivity contribution in [2.45, 2.75) is 39.2 Å². The number of rotatable bonds is 11. The van der Waals surface area contributed by atoms with Crippen molar-refractivity contribution in [3.8, 4) is 5.75 Å². The Bertz CT molecular complexity index is 641. The van der Waals surface area contributed by atoms with E-state index < -0.39 is 0 Å². The van der Waals surface area contributed by atoms with E-state index in [1.165, 1.54) is 19.3 Å². The molecule has 0 heterocycles. The number of benzene rings is 2. The van der Waals surface area contributed by atoms with E-state index in [0.717, 1.165) is 30.0 Å². The summed E-state index contributed by atoms with van der Waals surface area (Å²) in [5, 5.41) is 3.18. The smallest absolute Gasteiger partial charge is 0.241 e. The molecule has 4 nitrogen and oxygen atoms in total. The first-order valence-electron chi connectivity index (χ1n) is 9.43. The summed E-state index contributed by atoms with van der Waals surface area (Å²) in [5.74, 6) is 0.935. The first-order chi connectivity index (χ1) is 12.7. The van der Waals surface area contributed by atoms with E-state index in [1.807, 2.05) is 61.6 Å². The Balaban J connectivity index is 1.70. The van der Waals surface area contributed by atoms with Gasteiger partial charge in [0.2, 0.25) is 5.91 Å². The largest absolute Gasteiger partial charge is 0.494 e. The van der Waals surface area contributed by atoms with Crippen LogP contribution in [-0.4, -0.2) is 31.0 Å². The molecule has 2 rings (SSSR count). The van der Waals surface area contributed by atoms with Crippen LogP contribution in [0.5, 0.6) is 5.75 Å². The van der Waals surface area contributed by atoms with Gasteiger partial charge in [-0.15, -0.1) is 0 Å². The fraction of sp³-hybridized carbons (Fsp3) is 0.409. The number of carbonyl (C=O) groups is 1. The molecule has 0 spiro atoms. The molecule has 0 atom stereocenters. The Kier molecular flexibility index (Phi) is 8.53. The normalized spacial score (nSPS) is 10.4. The van der Waals surface area contributed by atoms with Crippen LogP contribution in [-0.2, 0) is 11.3 Å². The molecule has 2 aromatic carbocycles. The Morgan fingerprint density at radius 3 is 2.42 bits per heavy atom. The summed E-state index contributed by atoms with van der Waals surface area (Å²) >= 11 is 0. The van der Waals surface area contributed by atoms with Crippen LogP contribution in [0.3, 0.4) is 0 Å². The Morgan fingerprint density at radius 1 is 1.00 bits per heavy atom. The molecule has 2 aromatic rings. The summed E-state index contributed by atoms with van der Waals surface area (Å²) in [6.45, 7) is 3.86. The van der Waals surface area contributed by atoms with Gasteiger partial charge >= 0.3 is 0 Å². The van der Waals surface area contributed by atoms with E-state index in [4.69, 9.17) is 4.74 Å². The predicted molar refractivity (Wildman–Crippen MR) is 107 cm³/mol. The van der Waals surface area contributed by atoms with Gasteiger partial charge < -0.3 is 15.0 Å². The zero-order valence-corrected chi connectivity index (χ0v) is 15.9. The molecule has 0 saturated carbocycles. The zero-order valence-electron chi connectivity index (χ0n) is 15.9. The molecule has 0 bridgehead atoms. The summed E-state index contributed by atoms with van der Waals surface area (Å²) in [6, 6.07) is 17.8. The van der Waals surface area contributed by atoms with Crippen LogP contribution in [0.15, 0.2) is 54.6 Å². The van der Waals surface area contributed by atoms with E-state index in [0.29, 0.717) is 6.54 Å². The van der Waals surface area contributed by atoms with Crippen LogP contribution < -0.4 is 10.1 Å². The number of carbonyl (C=O) groups excluding carboxylic acids is 1. The maximum absolute atomic E-state index is 12.3. The number of anilines is 1. The Morgan fingerprint density at radius 2 is 1.73 bits per heavy atom. The van der Waals surface area contributed by atoms with Gasteiger partial charge in [-0.25, -0.2) is 0 Å². The van der Waals surface area contributed by atoms with E-state index in [9.17, 15) is 4.79 Å². The van der Waals surface area contributed by atoms with Gasteiger partial charge in [0.1, 0.15) is 5.75 Å². The van der Waals surface area contributed by atoms with E-state index in [1.54, 1.807) is 4.90 Å². The fourth-order valence-corrected chi connectivity index (χ4v) is 2.65. The second kappa shape index (κ2) is 11.2. The molecule has 0 unspecified atom stereocenters. The third kappa shape index (κ3) is 7.18. The number of ether oxygens (including phenoxy) is 1. The molecule has 0 aromatic heterocycles. The molecule has 1 amide bonds. The van der Waals surface area contributed by atoms with Crippen LogP contribution in [0.2, 0.25) is 0 Å². The molecular formula is C22H30N2O2. The van der Waals surface area contributed by atoms with Gasteiger partial charge in [0, 0.05) is 19.3 Å². The highest BCUT2D eigenvalue weighted by atomic mass is 16.5. The van der Waals surface area contributed by atoms with Crippen molar-refractivity contribution < 1.29 is 9.53 Å². The van der Waals surface area contributed by atoms with Crippen LogP contribution in [0.25, 0.3) is 0 Å². The summed E-state index contributed by atoms with van der Waals surface area (Å²) < 4.78 is 5.73. The molecule has 4 heteroatoms. The lowest BCUT2D eigenvalue weighted by Gasteiger charge is -2.18. The van der Waals surface area contributed by atoms with Gasteiger partial charge in [0.25, 0.3) is 0 Å². The second-order valence-electron chi connectivity index (χ2n) is 6.52. The minimum absolute atomic E-state index is 0.0603. The lowest BCUT2D eigenvalue weighted by atomic mass is 10.2. The van der Waals surface area contributed by atoms with E-state index in [-0.39, 0.29) is 12.5 Å². The van der Waals surface area contributed by atoms with Crippen LogP contribution >= 0.6 is 0 Å². The summed E-state index contributed by atoms with van der Waals surface area (Å²) in [4.78, 5) is 14.0. The van der Waals surface area contributed by atoms with Crippen molar-refractivity contribution in [1.82, 2.24) is 4.90 Å². The van der Waals surface area contributed by atoms with E-state index in [2.05, 4.69) is 12.2 Å². The van der Waals surface area contributed by atoms with Gasteiger partial charge in [0.05, 0.1) is 13.2 Å². The first-order valence-corrected chi connectivity index (χ1v) is 9.43. The minimum Gasteiger partial charge on any atom is -0.494 e. The quantitative estimate of drug-likeness (QED) is 0.594. The highest BCUT2D eigenvalue weighted by Gasteiger charge is 2.08. The zero-order chi connectivity index (χ0) is 18.6. The topological polar surface area (TPSA) is 41.6 Å². The van der Waals surface area contributed by atoms with Crippen molar-refractivity contribution in [2.24, 2.45) is 0 Å². The Hall–Kier alpha value is -2.49. The van der Waals surface area contributed by atoms with Gasteiger partial charge in [-0.1, -0.05) is 56.5 Å². The maximum atomic E-state index is 12.3. The summed E-state index contributed by atoms with van der Waals surface area (Å²) in [5.41, 5.74) is 2.05. The summed E-state index contributed by atoms with van der Waals surface area (Å²) in [6.07, 6.45) is 4.81. The number of hydrogen-bond donors (Lipinski definition) is 1. The SMILES string of the molecule is CCCCCCOc1ccc(NCC(=O)N(C)Cc2ccccc2)cc1. The monoisotopic (exact) mass is 354 g/mol.